The van der Waals surface area contributed by atoms with E-state index in [2.05, 4.69) is 40.9 Å². The minimum absolute atomic E-state index is 0.194. The largest absolute Gasteiger partial charge is 0.408 e. The molecule has 0 aromatic rings. The maximum atomic E-state index is 6.80. The molecule has 0 amide bonds. The fourth-order valence-electron chi connectivity index (χ4n) is 3.74. The van der Waals surface area contributed by atoms with E-state index in [0.29, 0.717) is 5.92 Å². The summed E-state index contributed by atoms with van der Waals surface area (Å²) in [4.78, 5) is 0. The highest BCUT2D eigenvalue weighted by Crippen LogP contribution is 2.47. The molecule has 0 bridgehead atoms. The Labute approximate surface area is 125 Å². The van der Waals surface area contributed by atoms with Crippen LogP contribution in [0.25, 0.3) is 0 Å². The van der Waals surface area contributed by atoms with Crippen LogP contribution >= 0.6 is 0 Å². The Morgan fingerprint density at radius 1 is 1.25 bits per heavy atom. The van der Waals surface area contributed by atoms with E-state index in [0.717, 1.165) is 19.4 Å². The molecule has 0 aromatic heterocycles. The monoisotopic (exact) mass is 294 g/mol. The van der Waals surface area contributed by atoms with Gasteiger partial charge in [0.1, 0.15) is 0 Å². The van der Waals surface area contributed by atoms with Gasteiger partial charge in [-0.05, 0) is 42.6 Å². The average molecular weight is 295 g/mol. The van der Waals surface area contributed by atoms with Crippen LogP contribution in [0.4, 0.5) is 0 Å². The summed E-state index contributed by atoms with van der Waals surface area (Å²) in [6.07, 6.45) is 2.22. The third-order valence-corrected chi connectivity index (χ3v) is 10.4. The van der Waals surface area contributed by atoms with E-state index in [1.165, 1.54) is 29.3 Å². The standard InChI is InChI=1S/C17H30O2Si/c1-7-20(8-2,9-3)19-17(6)11-16-15(10-14(17)5)13(4)12-18-16/h15-16H,4-5,7-12H2,1-3,6H3/t15-,16-,17+/m1/s1. The van der Waals surface area contributed by atoms with Crippen LogP contribution in [0.15, 0.2) is 24.3 Å². The molecule has 1 saturated heterocycles. The molecule has 1 heterocycles. The Bertz CT molecular complexity index is 392. The molecule has 0 aromatic carbocycles. The van der Waals surface area contributed by atoms with E-state index in [-0.39, 0.29) is 11.7 Å². The van der Waals surface area contributed by atoms with Crippen molar-refractivity contribution in [3.63, 3.8) is 0 Å². The predicted octanol–water partition coefficient (Wildman–Crippen LogP) is 4.69. The molecular weight excluding hydrogens is 264 g/mol. The minimum atomic E-state index is -1.62. The van der Waals surface area contributed by atoms with Crippen LogP contribution in [0.3, 0.4) is 0 Å². The van der Waals surface area contributed by atoms with Crippen molar-refractivity contribution in [1.82, 2.24) is 0 Å². The lowest BCUT2D eigenvalue weighted by Crippen LogP contribution is -2.51. The van der Waals surface area contributed by atoms with Gasteiger partial charge in [0.15, 0.2) is 8.32 Å². The van der Waals surface area contributed by atoms with Crippen molar-refractivity contribution in [2.24, 2.45) is 5.92 Å². The smallest absolute Gasteiger partial charge is 0.193 e. The number of hydrogen-bond donors (Lipinski definition) is 0. The second-order valence-corrected chi connectivity index (χ2v) is 11.4. The molecule has 2 fully saturated rings. The van der Waals surface area contributed by atoms with Gasteiger partial charge in [-0.15, -0.1) is 0 Å². The summed E-state index contributed by atoms with van der Waals surface area (Å²) >= 11 is 0. The molecule has 3 heteroatoms. The fraction of sp³-hybridized carbons (Fsp3) is 0.765. The normalized spacial score (nSPS) is 34.4. The summed E-state index contributed by atoms with van der Waals surface area (Å²) in [5.41, 5.74) is 2.29. The van der Waals surface area contributed by atoms with E-state index in [1.807, 2.05) is 0 Å². The minimum Gasteiger partial charge on any atom is -0.408 e. The van der Waals surface area contributed by atoms with E-state index in [4.69, 9.17) is 9.16 Å². The van der Waals surface area contributed by atoms with Crippen molar-refractivity contribution in [2.45, 2.75) is 70.4 Å². The predicted molar refractivity (Wildman–Crippen MR) is 87.4 cm³/mol. The second-order valence-electron chi connectivity index (χ2n) is 6.70. The van der Waals surface area contributed by atoms with Crippen molar-refractivity contribution >= 4 is 8.32 Å². The summed E-state index contributed by atoms with van der Waals surface area (Å²) in [5, 5.41) is 0. The number of rotatable bonds is 5. The van der Waals surface area contributed by atoms with Gasteiger partial charge in [0.25, 0.3) is 0 Å². The molecule has 0 radical (unpaired) electrons. The van der Waals surface area contributed by atoms with Crippen molar-refractivity contribution in [2.75, 3.05) is 6.61 Å². The zero-order valence-electron chi connectivity index (χ0n) is 13.6. The molecule has 2 nitrogen and oxygen atoms in total. The van der Waals surface area contributed by atoms with Gasteiger partial charge in [-0.3, -0.25) is 0 Å². The molecule has 1 aliphatic heterocycles. The number of fused-ring (bicyclic) bond motifs is 1. The molecule has 1 saturated carbocycles. The van der Waals surface area contributed by atoms with Crippen LogP contribution in [0, 0.1) is 5.92 Å². The zero-order valence-corrected chi connectivity index (χ0v) is 14.6. The Kier molecular flexibility index (Phi) is 4.62. The molecule has 0 unspecified atom stereocenters. The number of ether oxygens (including phenoxy) is 1. The Morgan fingerprint density at radius 3 is 2.40 bits per heavy atom. The number of hydrogen-bond acceptors (Lipinski definition) is 2. The highest BCUT2D eigenvalue weighted by atomic mass is 28.4. The molecule has 2 aliphatic rings. The molecule has 20 heavy (non-hydrogen) atoms. The average Bonchev–Trinajstić information content (AvgIpc) is 2.78. The lowest BCUT2D eigenvalue weighted by molar-refractivity contribution is -0.00901. The molecule has 2 rings (SSSR count). The van der Waals surface area contributed by atoms with Crippen molar-refractivity contribution in [3.8, 4) is 0 Å². The van der Waals surface area contributed by atoms with Crippen molar-refractivity contribution < 1.29 is 9.16 Å². The first kappa shape index (κ1) is 16.0. The lowest BCUT2D eigenvalue weighted by atomic mass is 9.74. The first-order valence-electron chi connectivity index (χ1n) is 8.07. The third kappa shape index (κ3) is 2.68. The molecule has 3 atom stereocenters. The zero-order chi connectivity index (χ0) is 15.0. The van der Waals surface area contributed by atoms with Gasteiger partial charge < -0.3 is 9.16 Å². The Hall–Kier alpha value is -0.383. The van der Waals surface area contributed by atoms with Crippen LogP contribution in [-0.4, -0.2) is 26.6 Å². The maximum absolute atomic E-state index is 6.80. The highest BCUT2D eigenvalue weighted by molar-refractivity contribution is 6.73. The SMILES string of the molecule is C=C1CO[C@@H]2C[C@](C)(O[Si](CC)(CC)CC)C(=C)C[C@H]12. The molecule has 0 spiro atoms. The summed E-state index contributed by atoms with van der Waals surface area (Å²) in [7, 11) is -1.62. The van der Waals surface area contributed by atoms with Gasteiger partial charge in [-0.25, -0.2) is 0 Å². The summed E-state index contributed by atoms with van der Waals surface area (Å²) < 4.78 is 12.7. The quantitative estimate of drug-likeness (QED) is 0.541. The lowest BCUT2D eigenvalue weighted by Gasteiger charge is -2.47. The Balaban J connectivity index is 2.18. The molecular formula is C17H30O2Si. The Morgan fingerprint density at radius 2 is 1.85 bits per heavy atom. The van der Waals surface area contributed by atoms with E-state index in [9.17, 15) is 0 Å². The molecule has 1 aliphatic carbocycles. The first-order valence-corrected chi connectivity index (χ1v) is 10.6. The van der Waals surface area contributed by atoms with Crippen LogP contribution < -0.4 is 0 Å². The van der Waals surface area contributed by atoms with Crippen molar-refractivity contribution in [1.29, 1.82) is 0 Å². The van der Waals surface area contributed by atoms with Gasteiger partial charge in [-0.1, -0.05) is 33.9 Å². The van der Waals surface area contributed by atoms with Gasteiger partial charge in [0.2, 0.25) is 0 Å². The first-order chi connectivity index (χ1) is 9.39. The molecule has 114 valence electrons. The topological polar surface area (TPSA) is 18.5 Å². The van der Waals surface area contributed by atoms with E-state index >= 15 is 0 Å². The fourth-order valence-corrected chi connectivity index (χ4v) is 6.86. The van der Waals surface area contributed by atoms with Crippen LogP contribution in [0.2, 0.25) is 18.1 Å². The third-order valence-electron chi connectivity index (χ3n) is 5.64. The van der Waals surface area contributed by atoms with Gasteiger partial charge >= 0.3 is 0 Å². The van der Waals surface area contributed by atoms with Crippen LogP contribution in [-0.2, 0) is 9.16 Å². The van der Waals surface area contributed by atoms with Crippen molar-refractivity contribution in [3.05, 3.63) is 24.3 Å². The van der Waals surface area contributed by atoms with Crippen LogP contribution in [0.5, 0.6) is 0 Å². The van der Waals surface area contributed by atoms with Gasteiger partial charge in [-0.2, -0.15) is 0 Å². The summed E-state index contributed by atoms with van der Waals surface area (Å²) in [6.45, 7) is 18.3. The summed E-state index contributed by atoms with van der Waals surface area (Å²) in [6, 6.07) is 3.56. The highest BCUT2D eigenvalue weighted by Gasteiger charge is 2.48. The van der Waals surface area contributed by atoms with E-state index in [1.54, 1.807) is 0 Å². The second kappa shape index (κ2) is 5.78. The van der Waals surface area contributed by atoms with Crippen LogP contribution in [0.1, 0.15) is 40.5 Å². The van der Waals surface area contributed by atoms with E-state index < -0.39 is 8.32 Å². The molecule has 0 N–H and O–H groups in total. The summed E-state index contributed by atoms with van der Waals surface area (Å²) in [5.74, 6) is 0.472. The van der Waals surface area contributed by atoms with Gasteiger partial charge in [0.05, 0.1) is 18.3 Å². The van der Waals surface area contributed by atoms with Gasteiger partial charge in [0, 0.05) is 12.3 Å². The maximum Gasteiger partial charge on any atom is 0.193 e.